The van der Waals surface area contributed by atoms with Gasteiger partial charge in [0.25, 0.3) is 5.91 Å². The molecule has 0 saturated heterocycles. The van der Waals surface area contributed by atoms with E-state index in [1.54, 1.807) is 45.2 Å². The van der Waals surface area contributed by atoms with Crippen LogP contribution in [0.5, 0.6) is 0 Å². The van der Waals surface area contributed by atoms with E-state index in [2.05, 4.69) is 15.5 Å². The number of anilines is 1. The Morgan fingerprint density at radius 2 is 1.55 bits per heavy atom. The predicted molar refractivity (Wildman–Crippen MR) is 142 cm³/mol. The van der Waals surface area contributed by atoms with Crippen LogP contribution < -0.4 is 5.32 Å². The van der Waals surface area contributed by atoms with Gasteiger partial charge in [0.15, 0.2) is 9.84 Å². The SMILES string of the molecule is CC(C)S(=O)(=O)c1ccc(Cc2nnc(NC(=O)c3ccc(S(=O)(=O)N(C)C4CCCCC4)cc3)o2)cc1. The van der Waals surface area contributed by atoms with E-state index in [-0.39, 0.29) is 39.7 Å². The largest absolute Gasteiger partial charge is 0.407 e. The number of sulfonamides is 1. The van der Waals surface area contributed by atoms with E-state index in [0.29, 0.717) is 0 Å². The molecule has 1 aliphatic carbocycles. The van der Waals surface area contributed by atoms with Crippen LogP contribution in [0.15, 0.2) is 62.7 Å². The molecule has 1 N–H and O–H groups in total. The van der Waals surface area contributed by atoms with Crippen molar-refractivity contribution < 1.29 is 26.0 Å². The van der Waals surface area contributed by atoms with Gasteiger partial charge in [-0.25, -0.2) is 16.8 Å². The van der Waals surface area contributed by atoms with Gasteiger partial charge in [0.1, 0.15) is 0 Å². The lowest BCUT2D eigenvalue weighted by Crippen LogP contribution is -2.38. The number of carbonyl (C=O) groups is 1. The molecule has 1 heterocycles. The molecule has 38 heavy (non-hydrogen) atoms. The van der Waals surface area contributed by atoms with Gasteiger partial charge in [-0.15, -0.1) is 5.10 Å². The van der Waals surface area contributed by atoms with Gasteiger partial charge >= 0.3 is 6.01 Å². The zero-order valence-corrected chi connectivity index (χ0v) is 23.3. The quantitative estimate of drug-likeness (QED) is 0.413. The normalized spacial score (nSPS) is 15.2. The monoisotopic (exact) mass is 560 g/mol. The zero-order valence-electron chi connectivity index (χ0n) is 21.6. The average Bonchev–Trinajstić information content (AvgIpc) is 3.35. The van der Waals surface area contributed by atoms with Crippen LogP contribution in [0.4, 0.5) is 6.01 Å². The number of rotatable bonds is 9. The summed E-state index contributed by atoms with van der Waals surface area (Å²) in [6.45, 7) is 3.26. The molecule has 1 saturated carbocycles. The molecule has 0 bridgehead atoms. The van der Waals surface area contributed by atoms with Gasteiger partial charge in [-0.3, -0.25) is 10.1 Å². The number of hydrogen-bond donors (Lipinski definition) is 1. The molecule has 0 unspecified atom stereocenters. The van der Waals surface area contributed by atoms with Crippen LogP contribution in [0.1, 0.15) is 67.8 Å². The first-order valence-electron chi connectivity index (χ1n) is 12.5. The molecule has 1 aromatic heterocycles. The van der Waals surface area contributed by atoms with Crippen LogP contribution in [0.2, 0.25) is 0 Å². The molecule has 4 rings (SSSR count). The van der Waals surface area contributed by atoms with E-state index >= 15 is 0 Å². The lowest BCUT2D eigenvalue weighted by atomic mass is 9.96. The van der Waals surface area contributed by atoms with Crippen molar-refractivity contribution in [2.45, 2.75) is 73.5 Å². The van der Waals surface area contributed by atoms with Gasteiger partial charge in [-0.2, -0.15) is 4.31 Å². The van der Waals surface area contributed by atoms with Gasteiger partial charge in [0.2, 0.25) is 15.9 Å². The van der Waals surface area contributed by atoms with Gasteiger partial charge in [0.05, 0.1) is 21.5 Å². The van der Waals surface area contributed by atoms with E-state index < -0.39 is 31.0 Å². The topological polar surface area (TPSA) is 140 Å². The molecule has 10 nitrogen and oxygen atoms in total. The van der Waals surface area contributed by atoms with Crippen molar-refractivity contribution in [2.24, 2.45) is 0 Å². The van der Waals surface area contributed by atoms with E-state index in [1.807, 2.05) is 0 Å². The molecular weight excluding hydrogens is 528 g/mol. The molecular formula is C26H32N4O6S2. The summed E-state index contributed by atoms with van der Waals surface area (Å²) in [4.78, 5) is 13.0. The predicted octanol–water partition coefficient (Wildman–Crippen LogP) is 4.05. The number of carbonyl (C=O) groups excluding carboxylic acids is 1. The third-order valence-corrected chi connectivity index (χ3v) is 10.9. The summed E-state index contributed by atoms with van der Waals surface area (Å²) in [7, 11) is -5.40. The summed E-state index contributed by atoms with van der Waals surface area (Å²) in [5.41, 5.74) is 1.01. The first-order chi connectivity index (χ1) is 18.0. The van der Waals surface area contributed by atoms with Crippen LogP contribution >= 0.6 is 0 Å². The highest BCUT2D eigenvalue weighted by Crippen LogP contribution is 2.27. The number of nitrogens with one attached hydrogen (secondary N) is 1. The second-order valence-electron chi connectivity index (χ2n) is 9.71. The Hall–Kier alpha value is -3.09. The van der Waals surface area contributed by atoms with Crippen molar-refractivity contribution in [1.82, 2.24) is 14.5 Å². The van der Waals surface area contributed by atoms with Crippen LogP contribution in [0, 0.1) is 0 Å². The highest BCUT2D eigenvalue weighted by Gasteiger charge is 2.29. The molecule has 0 spiro atoms. The van der Waals surface area contributed by atoms with Crippen molar-refractivity contribution in [3.05, 3.63) is 65.5 Å². The van der Waals surface area contributed by atoms with Crippen LogP contribution in [-0.4, -0.2) is 55.6 Å². The maximum absolute atomic E-state index is 13.0. The van der Waals surface area contributed by atoms with Crippen LogP contribution in [0.3, 0.4) is 0 Å². The highest BCUT2D eigenvalue weighted by molar-refractivity contribution is 7.92. The summed E-state index contributed by atoms with van der Waals surface area (Å²) >= 11 is 0. The van der Waals surface area contributed by atoms with Crippen LogP contribution in [0.25, 0.3) is 0 Å². The maximum Gasteiger partial charge on any atom is 0.322 e. The number of amides is 1. The van der Waals surface area contributed by atoms with E-state index in [1.165, 1.54) is 28.6 Å². The Bertz CT molecular complexity index is 1480. The van der Waals surface area contributed by atoms with Crippen molar-refractivity contribution in [2.75, 3.05) is 12.4 Å². The number of aromatic nitrogens is 2. The second-order valence-corrected chi connectivity index (χ2v) is 14.2. The summed E-state index contributed by atoms with van der Waals surface area (Å²) in [6, 6.07) is 12.1. The standard InChI is InChI=1S/C26H32N4O6S2/c1-18(2)37(32,33)22-13-9-19(10-14-22)17-24-28-29-26(36-24)27-25(31)20-11-15-23(16-12-20)38(34,35)30(3)21-7-5-4-6-8-21/h9-16,18,21H,4-8,17H2,1-3H3,(H,27,29,31). The fraction of sp³-hybridized carbons (Fsp3) is 0.423. The molecule has 0 radical (unpaired) electrons. The van der Waals surface area contributed by atoms with Crippen molar-refractivity contribution in [3.63, 3.8) is 0 Å². The zero-order chi connectivity index (χ0) is 27.5. The average molecular weight is 561 g/mol. The van der Waals surface area contributed by atoms with E-state index in [4.69, 9.17) is 4.42 Å². The van der Waals surface area contributed by atoms with Gasteiger partial charge in [-0.05, 0) is 68.7 Å². The van der Waals surface area contributed by atoms with Crippen molar-refractivity contribution >= 4 is 31.8 Å². The van der Waals surface area contributed by atoms with Crippen LogP contribution in [-0.2, 0) is 26.3 Å². The highest BCUT2D eigenvalue weighted by atomic mass is 32.2. The summed E-state index contributed by atoms with van der Waals surface area (Å²) in [5, 5.41) is 9.78. The Kier molecular flexibility index (Phi) is 8.34. The van der Waals surface area contributed by atoms with Gasteiger partial charge < -0.3 is 4.42 Å². The number of benzene rings is 2. The molecule has 0 aliphatic heterocycles. The Labute approximate surface area is 223 Å². The van der Waals surface area contributed by atoms with Crippen molar-refractivity contribution in [1.29, 1.82) is 0 Å². The van der Waals surface area contributed by atoms with Crippen molar-refractivity contribution in [3.8, 4) is 0 Å². The molecule has 3 aromatic rings. The fourth-order valence-corrected chi connectivity index (χ4v) is 6.85. The second kappa shape index (κ2) is 11.3. The Morgan fingerprint density at radius 3 is 2.16 bits per heavy atom. The smallest absolute Gasteiger partial charge is 0.322 e. The lowest BCUT2D eigenvalue weighted by molar-refractivity contribution is 0.102. The minimum Gasteiger partial charge on any atom is -0.407 e. The number of hydrogen-bond acceptors (Lipinski definition) is 8. The Morgan fingerprint density at radius 1 is 0.947 bits per heavy atom. The molecule has 0 atom stereocenters. The van der Waals surface area contributed by atoms with E-state index in [9.17, 15) is 21.6 Å². The lowest BCUT2D eigenvalue weighted by Gasteiger charge is -2.30. The number of nitrogens with zero attached hydrogens (tertiary/aromatic N) is 3. The first kappa shape index (κ1) is 27.9. The molecule has 1 fully saturated rings. The maximum atomic E-state index is 13.0. The minimum absolute atomic E-state index is 0.00513. The molecule has 12 heteroatoms. The summed E-state index contributed by atoms with van der Waals surface area (Å²) in [5.74, 6) is -0.278. The molecule has 204 valence electrons. The fourth-order valence-electron chi connectivity index (χ4n) is 4.37. The van der Waals surface area contributed by atoms with Gasteiger partial charge in [0, 0.05) is 18.7 Å². The van der Waals surface area contributed by atoms with E-state index in [0.717, 1.165) is 37.7 Å². The molecule has 1 amide bonds. The van der Waals surface area contributed by atoms with Gasteiger partial charge in [-0.1, -0.05) is 36.5 Å². The third kappa shape index (κ3) is 6.13. The summed E-state index contributed by atoms with van der Waals surface area (Å²) in [6.07, 6.45) is 5.15. The minimum atomic E-state index is -3.65. The molecule has 2 aromatic carbocycles. The first-order valence-corrected chi connectivity index (χ1v) is 15.5. The summed E-state index contributed by atoms with van der Waals surface area (Å²) < 4.78 is 57.5. The number of sulfone groups is 1. The Balaban J connectivity index is 1.37. The third-order valence-electron chi connectivity index (χ3n) is 6.80. The molecule has 1 aliphatic rings.